The van der Waals surface area contributed by atoms with E-state index in [2.05, 4.69) is 9.98 Å². The molecule has 0 spiro atoms. The molecule has 0 aliphatic carbocycles. The molecule has 0 fully saturated rings. The third-order valence-electron chi connectivity index (χ3n) is 1.98. The van der Waals surface area contributed by atoms with E-state index < -0.39 is 0 Å². The second kappa shape index (κ2) is 3.61. The van der Waals surface area contributed by atoms with Gasteiger partial charge < -0.3 is 5.73 Å². The summed E-state index contributed by atoms with van der Waals surface area (Å²) in [7, 11) is 0. The number of guanidine groups is 1. The van der Waals surface area contributed by atoms with Crippen molar-refractivity contribution in [2.75, 3.05) is 0 Å². The molecule has 1 aromatic carbocycles. The molecule has 76 valence electrons. The fraction of sp³-hybridized carbons (Fsp3) is 0.100. The van der Waals surface area contributed by atoms with Crippen molar-refractivity contribution in [2.24, 2.45) is 15.7 Å². The first-order valence-corrected chi connectivity index (χ1v) is 4.35. The minimum atomic E-state index is -0.332. The van der Waals surface area contributed by atoms with E-state index >= 15 is 0 Å². The number of rotatable bonds is 1. The zero-order valence-corrected chi connectivity index (χ0v) is 7.77. The van der Waals surface area contributed by atoms with Crippen molar-refractivity contribution in [3.63, 3.8) is 0 Å². The van der Waals surface area contributed by atoms with E-state index in [0.717, 1.165) is 0 Å². The first-order valence-electron chi connectivity index (χ1n) is 4.35. The molecule has 4 nitrogen and oxygen atoms in total. The maximum Gasteiger partial charge on any atom is 0.254 e. The molecule has 0 saturated carbocycles. The topological polar surface area (TPSA) is 67.8 Å². The van der Waals surface area contributed by atoms with Crippen LogP contribution in [0, 0.1) is 5.82 Å². The van der Waals surface area contributed by atoms with E-state index in [-0.39, 0.29) is 24.1 Å². The molecule has 0 saturated heterocycles. The standard InChI is InChI=1S/C10H8FN3O/c11-7-3-1-6(2-4-7)8-5-9(15)14-10(12)13-8/h1-4H,5H2,(H2,12,14,15). The van der Waals surface area contributed by atoms with Crippen molar-refractivity contribution < 1.29 is 9.18 Å². The van der Waals surface area contributed by atoms with Crippen LogP contribution in [0.2, 0.25) is 0 Å². The molecule has 15 heavy (non-hydrogen) atoms. The number of carbonyl (C=O) groups is 1. The molecule has 0 atom stereocenters. The normalized spacial score (nSPS) is 15.9. The lowest BCUT2D eigenvalue weighted by molar-refractivity contribution is -0.116. The molecule has 2 rings (SSSR count). The van der Waals surface area contributed by atoms with E-state index in [1.165, 1.54) is 12.1 Å². The molecule has 0 bridgehead atoms. The van der Waals surface area contributed by atoms with Crippen LogP contribution in [-0.2, 0) is 4.79 Å². The molecule has 1 heterocycles. The number of amides is 1. The van der Waals surface area contributed by atoms with Gasteiger partial charge in [0.25, 0.3) is 5.91 Å². The highest BCUT2D eigenvalue weighted by molar-refractivity contribution is 6.19. The lowest BCUT2D eigenvalue weighted by Gasteiger charge is -2.08. The number of hydrogen-bond donors (Lipinski definition) is 1. The number of benzene rings is 1. The highest BCUT2D eigenvalue weighted by Gasteiger charge is 2.14. The van der Waals surface area contributed by atoms with Gasteiger partial charge in [0.2, 0.25) is 5.96 Å². The molecule has 5 heteroatoms. The maximum absolute atomic E-state index is 12.7. The summed E-state index contributed by atoms with van der Waals surface area (Å²) in [5, 5.41) is 0. The van der Waals surface area contributed by atoms with Gasteiger partial charge >= 0.3 is 0 Å². The Morgan fingerprint density at radius 3 is 2.47 bits per heavy atom. The number of nitrogens with two attached hydrogens (primary N) is 1. The van der Waals surface area contributed by atoms with E-state index in [1.54, 1.807) is 12.1 Å². The molecular weight excluding hydrogens is 197 g/mol. The Labute approximate surface area is 85.3 Å². The summed E-state index contributed by atoms with van der Waals surface area (Å²) in [6, 6.07) is 5.73. The quantitative estimate of drug-likeness (QED) is 0.738. The van der Waals surface area contributed by atoms with Crippen molar-refractivity contribution in [1.82, 2.24) is 0 Å². The summed E-state index contributed by atoms with van der Waals surface area (Å²) in [6.45, 7) is 0. The van der Waals surface area contributed by atoms with Gasteiger partial charge in [-0.1, -0.05) is 12.1 Å². The zero-order valence-electron chi connectivity index (χ0n) is 7.77. The SMILES string of the molecule is NC1=NC(=O)CC(c2ccc(F)cc2)=N1. The molecule has 0 radical (unpaired) electrons. The third-order valence-corrected chi connectivity index (χ3v) is 1.98. The van der Waals surface area contributed by atoms with Gasteiger partial charge in [0.05, 0.1) is 12.1 Å². The third kappa shape index (κ3) is 2.07. The minimum absolute atomic E-state index is 0.0504. The van der Waals surface area contributed by atoms with Gasteiger partial charge in [0.15, 0.2) is 0 Å². The highest BCUT2D eigenvalue weighted by Crippen LogP contribution is 2.10. The number of halogens is 1. The van der Waals surface area contributed by atoms with Crippen molar-refractivity contribution in [3.8, 4) is 0 Å². The minimum Gasteiger partial charge on any atom is -0.368 e. The molecule has 0 aromatic heterocycles. The summed E-state index contributed by atoms with van der Waals surface area (Å²) in [5.74, 6) is -0.712. The lowest BCUT2D eigenvalue weighted by atomic mass is 10.1. The van der Waals surface area contributed by atoms with Gasteiger partial charge in [-0.05, 0) is 17.7 Å². The zero-order chi connectivity index (χ0) is 10.8. The van der Waals surface area contributed by atoms with E-state index in [4.69, 9.17) is 5.73 Å². The fourth-order valence-electron chi connectivity index (χ4n) is 1.32. The molecule has 0 unspecified atom stereocenters. The van der Waals surface area contributed by atoms with Crippen LogP contribution in [-0.4, -0.2) is 17.6 Å². The molecular formula is C10H8FN3O. The molecule has 2 N–H and O–H groups in total. The second-order valence-corrected chi connectivity index (χ2v) is 3.11. The summed E-state index contributed by atoms with van der Waals surface area (Å²) >= 11 is 0. The molecule has 1 aliphatic heterocycles. The first-order chi connectivity index (χ1) is 7.15. The Kier molecular flexibility index (Phi) is 2.29. The summed E-state index contributed by atoms with van der Waals surface area (Å²) in [4.78, 5) is 18.5. The van der Waals surface area contributed by atoms with Gasteiger partial charge in [-0.15, -0.1) is 0 Å². The predicted molar refractivity (Wildman–Crippen MR) is 54.2 cm³/mol. The number of nitrogens with zero attached hydrogens (tertiary/aromatic N) is 2. The fourth-order valence-corrected chi connectivity index (χ4v) is 1.32. The molecule has 1 aromatic rings. The second-order valence-electron chi connectivity index (χ2n) is 3.11. The van der Waals surface area contributed by atoms with E-state index in [1.807, 2.05) is 0 Å². The van der Waals surface area contributed by atoms with Gasteiger partial charge in [0.1, 0.15) is 5.82 Å². The summed E-state index contributed by atoms with van der Waals surface area (Å²) in [5.41, 5.74) is 6.55. The van der Waals surface area contributed by atoms with Gasteiger partial charge in [-0.3, -0.25) is 4.79 Å². The number of carbonyl (C=O) groups excluding carboxylic acids is 1. The largest absolute Gasteiger partial charge is 0.368 e. The average molecular weight is 205 g/mol. The first kappa shape index (κ1) is 9.51. The van der Waals surface area contributed by atoms with Crippen LogP contribution in [0.1, 0.15) is 12.0 Å². The van der Waals surface area contributed by atoms with Crippen molar-refractivity contribution in [1.29, 1.82) is 0 Å². The van der Waals surface area contributed by atoms with Crippen LogP contribution in [0.5, 0.6) is 0 Å². The number of aliphatic imine (C=N–C) groups is 2. The smallest absolute Gasteiger partial charge is 0.254 e. The Morgan fingerprint density at radius 2 is 1.87 bits per heavy atom. The summed E-state index contributed by atoms with van der Waals surface area (Å²) in [6.07, 6.45) is 0.104. The lowest BCUT2D eigenvalue weighted by Crippen LogP contribution is -2.22. The Balaban J connectivity index is 2.36. The van der Waals surface area contributed by atoms with Crippen LogP contribution >= 0.6 is 0 Å². The predicted octanol–water partition coefficient (Wildman–Crippen LogP) is 0.860. The van der Waals surface area contributed by atoms with Crippen LogP contribution < -0.4 is 5.73 Å². The van der Waals surface area contributed by atoms with E-state index in [9.17, 15) is 9.18 Å². The maximum atomic E-state index is 12.7. The van der Waals surface area contributed by atoms with Crippen molar-refractivity contribution in [3.05, 3.63) is 35.6 Å². The van der Waals surface area contributed by atoms with Gasteiger partial charge in [0, 0.05) is 0 Å². The molecule has 1 amide bonds. The van der Waals surface area contributed by atoms with Crippen molar-refractivity contribution >= 4 is 17.6 Å². The highest BCUT2D eigenvalue weighted by atomic mass is 19.1. The monoisotopic (exact) mass is 205 g/mol. The Morgan fingerprint density at radius 1 is 1.20 bits per heavy atom. The van der Waals surface area contributed by atoms with E-state index in [0.29, 0.717) is 11.3 Å². The van der Waals surface area contributed by atoms with Crippen LogP contribution in [0.3, 0.4) is 0 Å². The van der Waals surface area contributed by atoms with Gasteiger partial charge in [-0.25, -0.2) is 9.38 Å². The van der Waals surface area contributed by atoms with Crippen LogP contribution in [0.25, 0.3) is 0 Å². The van der Waals surface area contributed by atoms with Crippen molar-refractivity contribution in [2.45, 2.75) is 6.42 Å². The van der Waals surface area contributed by atoms with Gasteiger partial charge in [-0.2, -0.15) is 4.99 Å². The van der Waals surface area contributed by atoms with Crippen LogP contribution in [0.4, 0.5) is 4.39 Å². The number of hydrogen-bond acceptors (Lipinski definition) is 3. The van der Waals surface area contributed by atoms with Crippen LogP contribution in [0.15, 0.2) is 34.3 Å². The summed E-state index contributed by atoms with van der Waals surface area (Å²) < 4.78 is 12.7. The average Bonchev–Trinajstić information content (AvgIpc) is 2.17. The Hall–Kier alpha value is -2.04. The Bertz CT molecular complexity index is 462. The molecule has 1 aliphatic rings.